The summed E-state index contributed by atoms with van der Waals surface area (Å²) in [7, 11) is 0. The third-order valence-electron chi connectivity index (χ3n) is 15.9. The fourth-order valence-corrected chi connectivity index (χ4v) is 12.6. The van der Waals surface area contributed by atoms with E-state index in [9.17, 15) is 0 Å². The number of rotatable bonds is 1. The van der Waals surface area contributed by atoms with Crippen LogP contribution in [-0.4, -0.2) is 6.85 Å². The Kier molecular flexibility index (Phi) is 6.40. The minimum Gasteiger partial charge on any atom is -0.454 e. The lowest BCUT2D eigenvalue weighted by Crippen LogP contribution is -2.62. The first kappa shape index (κ1) is 34.8. The van der Waals surface area contributed by atoms with Gasteiger partial charge in [0.05, 0.1) is 11.4 Å². The Balaban J connectivity index is 1.24. The number of hydrogen-bond donors (Lipinski definition) is 0. The van der Waals surface area contributed by atoms with Gasteiger partial charge in [-0.25, -0.2) is 0 Å². The van der Waals surface area contributed by atoms with Gasteiger partial charge in [0.2, 0.25) is 0 Å². The molecule has 0 atom stereocenters. The molecule has 0 unspecified atom stereocenters. The molecule has 4 heteroatoms. The topological polar surface area (TPSA) is 19.6 Å². The van der Waals surface area contributed by atoms with E-state index in [4.69, 9.17) is 4.42 Å². The zero-order valence-electron chi connectivity index (χ0n) is 35.9. The van der Waals surface area contributed by atoms with Gasteiger partial charge in [-0.1, -0.05) is 146 Å². The Bertz CT molecular complexity index is 3250. The molecular weight excluding hydrogens is 727 g/mol. The number of para-hydroxylation sites is 3. The maximum atomic E-state index is 7.17. The predicted molar refractivity (Wildman–Crippen MR) is 252 cm³/mol. The van der Waals surface area contributed by atoms with Crippen molar-refractivity contribution in [3.05, 3.63) is 161 Å². The lowest BCUT2D eigenvalue weighted by molar-refractivity contribution is 0.332. The van der Waals surface area contributed by atoms with Crippen molar-refractivity contribution in [2.45, 2.75) is 89.9 Å². The van der Waals surface area contributed by atoms with E-state index < -0.39 is 0 Å². The first-order valence-corrected chi connectivity index (χ1v) is 22.0. The number of nitrogens with zero attached hydrogens (tertiary/aromatic N) is 2. The molecule has 0 radical (unpaired) electrons. The molecule has 0 saturated carbocycles. The molecule has 0 fully saturated rings. The second-order valence-corrected chi connectivity index (χ2v) is 20.7. The Morgan fingerprint density at radius 3 is 2.03 bits per heavy atom. The lowest BCUT2D eigenvalue weighted by Gasteiger charge is -2.51. The molecule has 13 rings (SSSR count). The first-order valence-electron chi connectivity index (χ1n) is 22.0. The lowest BCUT2D eigenvalue weighted by atomic mass is 9.42. The molecule has 1 aromatic heterocycles. The quantitative estimate of drug-likeness (QED) is 0.155. The van der Waals surface area contributed by atoms with Crippen molar-refractivity contribution < 1.29 is 4.42 Å². The Morgan fingerprint density at radius 2 is 1.20 bits per heavy atom. The van der Waals surface area contributed by atoms with Crippen LogP contribution in [0.4, 0.5) is 28.4 Å². The van der Waals surface area contributed by atoms with Gasteiger partial charge in [0, 0.05) is 44.2 Å². The minimum absolute atomic E-state index is 0.0487. The number of fused-ring (bicyclic) bond motifs is 15. The summed E-state index contributed by atoms with van der Waals surface area (Å²) in [6, 6.07) is 48.9. The summed E-state index contributed by atoms with van der Waals surface area (Å²) in [5.41, 5.74) is 24.4. The maximum Gasteiger partial charge on any atom is 0.333 e. The van der Waals surface area contributed by atoms with E-state index in [1.54, 1.807) is 0 Å². The highest BCUT2D eigenvalue weighted by Crippen LogP contribution is 2.61. The highest BCUT2D eigenvalue weighted by atomic mass is 16.3. The molecular formula is C56H49BN2O. The van der Waals surface area contributed by atoms with Crippen molar-refractivity contribution in [2.24, 2.45) is 0 Å². The van der Waals surface area contributed by atoms with Gasteiger partial charge in [-0.2, -0.15) is 0 Å². The zero-order valence-corrected chi connectivity index (χ0v) is 35.9. The molecule has 292 valence electrons. The van der Waals surface area contributed by atoms with Crippen LogP contribution in [0, 0.1) is 0 Å². The molecule has 7 aromatic carbocycles. The Hall–Kier alpha value is -6.00. The summed E-state index contributed by atoms with van der Waals surface area (Å²) in [5, 5.41) is 2.32. The average Bonchev–Trinajstić information content (AvgIpc) is 3.74. The molecule has 0 bridgehead atoms. The van der Waals surface area contributed by atoms with E-state index in [1.807, 2.05) is 0 Å². The Morgan fingerprint density at radius 1 is 0.500 bits per heavy atom. The molecule has 8 aromatic rings. The molecule has 3 aliphatic heterocycles. The fourth-order valence-electron chi connectivity index (χ4n) is 12.6. The van der Waals surface area contributed by atoms with Crippen molar-refractivity contribution in [3.8, 4) is 22.3 Å². The molecule has 3 nitrogen and oxygen atoms in total. The van der Waals surface area contributed by atoms with E-state index >= 15 is 0 Å². The van der Waals surface area contributed by atoms with Gasteiger partial charge in [-0.3, -0.25) is 0 Å². The van der Waals surface area contributed by atoms with E-state index in [-0.39, 0.29) is 28.5 Å². The smallest absolute Gasteiger partial charge is 0.333 e. The van der Waals surface area contributed by atoms with Crippen LogP contribution < -0.4 is 20.6 Å². The van der Waals surface area contributed by atoms with Gasteiger partial charge < -0.3 is 14.1 Å². The van der Waals surface area contributed by atoms with Crippen LogP contribution >= 0.6 is 0 Å². The largest absolute Gasteiger partial charge is 0.454 e. The molecule has 5 aliphatic rings. The van der Waals surface area contributed by atoms with Crippen molar-refractivity contribution in [2.75, 3.05) is 9.71 Å². The van der Waals surface area contributed by atoms with Crippen molar-refractivity contribution in [1.82, 2.24) is 0 Å². The summed E-state index contributed by atoms with van der Waals surface area (Å²) in [6.45, 7) is 19.3. The second-order valence-electron chi connectivity index (χ2n) is 20.7. The van der Waals surface area contributed by atoms with Crippen LogP contribution in [-0.2, 0) is 21.7 Å². The minimum atomic E-state index is -0.199. The van der Waals surface area contributed by atoms with Crippen LogP contribution in [0.5, 0.6) is 0 Å². The summed E-state index contributed by atoms with van der Waals surface area (Å²) < 4.78 is 7.17. The van der Waals surface area contributed by atoms with E-state index in [2.05, 4.69) is 192 Å². The highest BCUT2D eigenvalue weighted by molar-refractivity contribution is 6.94. The summed E-state index contributed by atoms with van der Waals surface area (Å²) in [6.07, 6.45) is 2.35. The molecule has 4 heterocycles. The van der Waals surface area contributed by atoms with Crippen molar-refractivity contribution in [1.29, 1.82) is 0 Å². The second kappa shape index (κ2) is 11.0. The summed E-state index contributed by atoms with van der Waals surface area (Å²) in [4.78, 5) is 5.37. The highest BCUT2D eigenvalue weighted by Gasteiger charge is 2.53. The standard InChI is InChI=1S/C56H49BN2O/c1-53(2)28-29-54(3,4)41-30-32(24-27-38(41)53)59-50-36(26-25-34-33-16-10-14-23-46(33)60-52(34)50)48-47-35-17-9-11-18-37(35)55(5,6)42(47)31-45-49(48)57(59)43-21-15-20-40-51(43)58(45)44-22-13-12-19-39(44)56(40,7)8/h9-27,30-31H,28-29H2,1-8H3. The number of benzene rings is 7. The summed E-state index contributed by atoms with van der Waals surface area (Å²) >= 11 is 0. The predicted octanol–water partition coefficient (Wildman–Crippen LogP) is 13.6. The third-order valence-corrected chi connectivity index (χ3v) is 15.9. The monoisotopic (exact) mass is 776 g/mol. The summed E-state index contributed by atoms with van der Waals surface area (Å²) in [5.74, 6) is 0. The zero-order chi connectivity index (χ0) is 40.8. The molecule has 0 saturated heterocycles. The van der Waals surface area contributed by atoms with E-state index in [0.717, 1.165) is 34.0 Å². The first-order chi connectivity index (χ1) is 28.8. The van der Waals surface area contributed by atoms with Gasteiger partial charge >= 0.3 is 6.85 Å². The van der Waals surface area contributed by atoms with Crippen molar-refractivity contribution in [3.63, 3.8) is 0 Å². The van der Waals surface area contributed by atoms with E-state index in [0.29, 0.717) is 0 Å². The Labute approximate surface area is 353 Å². The van der Waals surface area contributed by atoms with Gasteiger partial charge in [0.1, 0.15) is 5.58 Å². The number of furan rings is 1. The van der Waals surface area contributed by atoms with Crippen LogP contribution in [0.15, 0.2) is 132 Å². The number of anilines is 5. The number of hydrogen-bond acceptors (Lipinski definition) is 3. The molecule has 2 aliphatic carbocycles. The van der Waals surface area contributed by atoms with E-state index in [1.165, 1.54) is 95.7 Å². The van der Waals surface area contributed by atoms with Gasteiger partial charge in [-0.05, 0) is 121 Å². The average molecular weight is 777 g/mol. The SMILES string of the molecule is CC1(C)CCC(C)(C)c2cc(N3B4c5cccc6c5N(c5ccccc5C6(C)C)c5cc6c(c(c54)-c4ccc5c(oc7ccccc75)c43)-c3ccccc3C6(C)C)ccc21. The fraction of sp³-hybridized carbons (Fsp3) is 0.250. The van der Waals surface area contributed by atoms with Gasteiger partial charge in [0.25, 0.3) is 0 Å². The molecule has 0 N–H and O–H groups in total. The molecule has 60 heavy (non-hydrogen) atoms. The maximum absolute atomic E-state index is 7.17. The van der Waals surface area contributed by atoms with Crippen LogP contribution in [0.1, 0.15) is 102 Å². The van der Waals surface area contributed by atoms with Crippen LogP contribution in [0.3, 0.4) is 0 Å². The molecule has 0 spiro atoms. The van der Waals surface area contributed by atoms with Crippen LogP contribution in [0.2, 0.25) is 0 Å². The van der Waals surface area contributed by atoms with Gasteiger partial charge in [0.15, 0.2) is 5.58 Å². The normalized spacial score (nSPS) is 18.6. The van der Waals surface area contributed by atoms with Crippen LogP contribution in [0.25, 0.3) is 44.2 Å². The third kappa shape index (κ3) is 4.08. The van der Waals surface area contributed by atoms with Crippen molar-refractivity contribution >= 4 is 68.1 Å². The van der Waals surface area contributed by atoms with Gasteiger partial charge in [-0.15, -0.1) is 0 Å². The molecule has 0 amide bonds.